The summed E-state index contributed by atoms with van der Waals surface area (Å²) in [6.45, 7) is 10.6. The van der Waals surface area contributed by atoms with Gasteiger partial charge in [0.1, 0.15) is 0 Å². The molecule has 4 aliphatic carbocycles. The lowest BCUT2D eigenvalue weighted by atomic mass is 9.54. The van der Waals surface area contributed by atoms with Gasteiger partial charge in [-0.25, -0.2) is 0 Å². The average molecular weight is 350 g/mol. The zero-order chi connectivity index (χ0) is 17.9. The zero-order valence-electron chi connectivity index (χ0n) is 16.9. The van der Waals surface area contributed by atoms with Crippen LogP contribution in [-0.2, 0) is 4.74 Å². The zero-order valence-corrected chi connectivity index (χ0v) is 16.9. The first-order chi connectivity index (χ1) is 11.7. The van der Waals surface area contributed by atoms with Gasteiger partial charge in [-0.05, 0) is 103 Å². The van der Waals surface area contributed by atoms with Crippen LogP contribution in [0.25, 0.3) is 0 Å². The van der Waals surface area contributed by atoms with Crippen LogP contribution in [0.2, 0.25) is 0 Å². The van der Waals surface area contributed by atoms with Crippen molar-refractivity contribution in [3.05, 3.63) is 0 Å². The number of β-amino-alcohol motifs (C(OH)–C–C–N with tert-alkyl or cyclic N) is 1. The molecule has 0 aromatic rings. The van der Waals surface area contributed by atoms with E-state index in [0.29, 0.717) is 6.61 Å². The van der Waals surface area contributed by atoms with E-state index >= 15 is 0 Å². The molecule has 0 amide bonds. The summed E-state index contributed by atoms with van der Waals surface area (Å²) in [6.07, 6.45) is 11.5. The topological polar surface area (TPSA) is 32.7 Å². The van der Waals surface area contributed by atoms with Crippen LogP contribution < -0.4 is 0 Å². The molecule has 0 spiro atoms. The van der Waals surface area contributed by atoms with E-state index in [2.05, 4.69) is 32.6 Å². The highest BCUT2D eigenvalue weighted by Crippen LogP contribution is 2.57. The Morgan fingerprint density at radius 1 is 0.920 bits per heavy atom. The predicted molar refractivity (Wildman–Crippen MR) is 102 cm³/mol. The molecule has 1 aliphatic heterocycles. The Morgan fingerprint density at radius 2 is 1.40 bits per heavy atom. The summed E-state index contributed by atoms with van der Waals surface area (Å²) in [5.41, 5.74) is 0.454. The molecule has 3 heteroatoms. The van der Waals surface area contributed by atoms with Gasteiger partial charge in [0.05, 0.1) is 18.3 Å². The first-order valence-corrected chi connectivity index (χ1v) is 10.8. The SMILES string of the molecule is CC1(C)CCCC(C)(C)N1C[C@H](O)COC12CC3CC(CC(C3)C1)C2. The molecule has 144 valence electrons. The molecular formula is C22H39NO2. The fourth-order valence-corrected chi connectivity index (χ4v) is 7.28. The second-order valence-corrected chi connectivity index (χ2v) is 11.2. The van der Waals surface area contributed by atoms with Crippen LogP contribution in [0.3, 0.4) is 0 Å². The summed E-state index contributed by atoms with van der Waals surface area (Å²) in [5.74, 6) is 2.72. The molecule has 0 aromatic heterocycles. The van der Waals surface area contributed by atoms with Crippen molar-refractivity contribution < 1.29 is 9.84 Å². The molecule has 4 saturated carbocycles. The van der Waals surface area contributed by atoms with E-state index in [0.717, 1.165) is 24.3 Å². The van der Waals surface area contributed by atoms with Gasteiger partial charge < -0.3 is 9.84 Å². The summed E-state index contributed by atoms with van der Waals surface area (Å²) in [7, 11) is 0. The van der Waals surface area contributed by atoms with Gasteiger partial charge in [0.15, 0.2) is 0 Å². The largest absolute Gasteiger partial charge is 0.389 e. The molecule has 5 aliphatic rings. The van der Waals surface area contributed by atoms with Crippen molar-refractivity contribution in [2.45, 2.75) is 108 Å². The van der Waals surface area contributed by atoms with Crippen LogP contribution in [0.5, 0.6) is 0 Å². The molecule has 0 radical (unpaired) electrons. The van der Waals surface area contributed by atoms with Crippen molar-refractivity contribution in [3.8, 4) is 0 Å². The second kappa shape index (κ2) is 6.21. The second-order valence-electron chi connectivity index (χ2n) is 11.2. The molecule has 0 unspecified atom stereocenters. The first-order valence-electron chi connectivity index (χ1n) is 10.8. The maximum absolute atomic E-state index is 10.8. The lowest BCUT2D eigenvalue weighted by Crippen LogP contribution is -2.61. The lowest BCUT2D eigenvalue weighted by molar-refractivity contribution is -0.179. The van der Waals surface area contributed by atoms with Crippen LogP contribution in [-0.4, -0.2) is 45.9 Å². The van der Waals surface area contributed by atoms with Gasteiger partial charge >= 0.3 is 0 Å². The molecule has 1 heterocycles. The molecular weight excluding hydrogens is 310 g/mol. The minimum atomic E-state index is -0.371. The Labute approximate surface area is 154 Å². The Hall–Kier alpha value is -0.120. The van der Waals surface area contributed by atoms with E-state index in [4.69, 9.17) is 4.74 Å². The van der Waals surface area contributed by atoms with Crippen LogP contribution in [0.4, 0.5) is 0 Å². The van der Waals surface area contributed by atoms with E-state index in [1.165, 1.54) is 57.8 Å². The number of piperidine rings is 1. The number of hydrogen-bond acceptors (Lipinski definition) is 3. The highest BCUT2D eigenvalue weighted by Gasteiger charge is 2.52. The number of ether oxygens (including phenoxy) is 1. The summed E-state index contributed by atoms with van der Waals surface area (Å²) < 4.78 is 6.51. The van der Waals surface area contributed by atoms with Crippen LogP contribution in [0.15, 0.2) is 0 Å². The van der Waals surface area contributed by atoms with Crippen molar-refractivity contribution in [3.63, 3.8) is 0 Å². The Bertz CT molecular complexity index is 447. The molecule has 1 atom stereocenters. The Kier molecular flexibility index (Phi) is 4.53. The van der Waals surface area contributed by atoms with E-state index in [9.17, 15) is 5.11 Å². The molecule has 5 rings (SSSR count). The third kappa shape index (κ3) is 3.53. The van der Waals surface area contributed by atoms with Crippen molar-refractivity contribution in [2.75, 3.05) is 13.2 Å². The quantitative estimate of drug-likeness (QED) is 0.800. The molecule has 0 aromatic carbocycles. The van der Waals surface area contributed by atoms with Crippen molar-refractivity contribution >= 4 is 0 Å². The fourth-order valence-electron chi connectivity index (χ4n) is 7.28. The minimum absolute atomic E-state index is 0.114. The number of nitrogens with zero attached hydrogens (tertiary/aromatic N) is 1. The number of hydrogen-bond donors (Lipinski definition) is 1. The van der Waals surface area contributed by atoms with Crippen LogP contribution in [0, 0.1) is 17.8 Å². The molecule has 4 bridgehead atoms. The number of likely N-dealkylation sites (tertiary alicyclic amines) is 1. The third-order valence-electron chi connectivity index (χ3n) is 8.00. The lowest BCUT2D eigenvalue weighted by Gasteiger charge is -2.56. The van der Waals surface area contributed by atoms with Gasteiger partial charge in [-0.3, -0.25) is 4.90 Å². The van der Waals surface area contributed by atoms with Gasteiger partial charge in [-0.15, -0.1) is 0 Å². The molecule has 3 nitrogen and oxygen atoms in total. The van der Waals surface area contributed by atoms with Crippen LogP contribution in [0.1, 0.15) is 85.5 Å². The fraction of sp³-hybridized carbons (Fsp3) is 1.00. The summed E-state index contributed by atoms with van der Waals surface area (Å²) in [5, 5.41) is 10.8. The Morgan fingerprint density at radius 3 is 1.88 bits per heavy atom. The predicted octanol–water partition coefficient (Wildman–Crippen LogP) is 4.38. The molecule has 25 heavy (non-hydrogen) atoms. The van der Waals surface area contributed by atoms with Crippen molar-refractivity contribution in [2.24, 2.45) is 17.8 Å². The van der Waals surface area contributed by atoms with Crippen molar-refractivity contribution in [1.29, 1.82) is 0 Å². The summed E-state index contributed by atoms with van der Waals surface area (Å²) >= 11 is 0. The Balaban J connectivity index is 1.35. The van der Waals surface area contributed by atoms with E-state index in [1.807, 2.05) is 0 Å². The van der Waals surface area contributed by atoms with Gasteiger partial charge in [0.2, 0.25) is 0 Å². The van der Waals surface area contributed by atoms with Crippen molar-refractivity contribution in [1.82, 2.24) is 4.90 Å². The van der Waals surface area contributed by atoms with Gasteiger partial charge in [0.25, 0.3) is 0 Å². The average Bonchev–Trinajstić information content (AvgIpc) is 2.47. The highest BCUT2D eigenvalue weighted by atomic mass is 16.5. The smallest absolute Gasteiger partial charge is 0.0900 e. The first kappa shape index (κ1) is 18.3. The van der Waals surface area contributed by atoms with Crippen LogP contribution >= 0.6 is 0 Å². The maximum atomic E-state index is 10.8. The van der Waals surface area contributed by atoms with E-state index in [1.54, 1.807) is 0 Å². The number of aliphatic hydroxyl groups is 1. The van der Waals surface area contributed by atoms with Gasteiger partial charge in [-0.1, -0.05) is 0 Å². The van der Waals surface area contributed by atoms with E-state index < -0.39 is 0 Å². The molecule has 1 saturated heterocycles. The molecule has 5 fully saturated rings. The highest BCUT2D eigenvalue weighted by molar-refractivity contribution is 5.03. The number of aliphatic hydroxyl groups excluding tert-OH is 1. The normalized spacial score (nSPS) is 43.3. The molecule has 1 N–H and O–H groups in total. The van der Waals surface area contributed by atoms with Gasteiger partial charge in [0, 0.05) is 17.6 Å². The van der Waals surface area contributed by atoms with E-state index in [-0.39, 0.29) is 22.8 Å². The summed E-state index contributed by atoms with van der Waals surface area (Å²) in [6, 6.07) is 0. The monoisotopic (exact) mass is 349 g/mol. The third-order valence-corrected chi connectivity index (χ3v) is 8.00. The number of rotatable bonds is 5. The summed E-state index contributed by atoms with van der Waals surface area (Å²) in [4.78, 5) is 2.54. The standard InChI is InChI=1S/C22H39NO2/c1-20(2)6-5-7-21(3,4)23(20)14-19(24)15-25-22-11-16-8-17(12-22)10-18(9-16)13-22/h16-19,24H,5-15H2,1-4H3/t16?,17?,18?,19-,22?/m0/s1. The maximum Gasteiger partial charge on any atom is 0.0900 e. The van der Waals surface area contributed by atoms with Gasteiger partial charge in [-0.2, -0.15) is 0 Å². The minimum Gasteiger partial charge on any atom is -0.389 e.